The van der Waals surface area contributed by atoms with Crippen LogP contribution in [0.3, 0.4) is 0 Å². The summed E-state index contributed by atoms with van der Waals surface area (Å²) in [6.45, 7) is 6.10. The lowest BCUT2D eigenvalue weighted by molar-refractivity contribution is 0.236. The summed E-state index contributed by atoms with van der Waals surface area (Å²) in [5.74, 6) is 0.791. The number of aromatic nitrogens is 4. The number of hydrogen-bond acceptors (Lipinski definition) is 5. The molecule has 114 valence electrons. The fraction of sp³-hybridized carbons (Fsp3) is 0.533. The molecule has 0 atom stereocenters. The third-order valence-corrected chi connectivity index (χ3v) is 3.43. The second kappa shape index (κ2) is 7.28. The minimum absolute atomic E-state index is 0.147. The van der Waals surface area contributed by atoms with Gasteiger partial charge in [0.1, 0.15) is 0 Å². The Balaban J connectivity index is 1.92. The van der Waals surface area contributed by atoms with Crippen molar-refractivity contribution in [2.45, 2.75) is 33.2 Å². The minimum Gasteiger partial charge on any atom is -0.396 e. The van der Waals surface area contributed by atoms with E-state index in [-0.39, 0.29) is 12.0 Å². The van der Waals surface area contributed by atoms with E-state index in [2.05, 4.69) is 34.7 Å². The smallest absolute Gasteiger partial charge is 0.170 e. The first-order valence-corrected chi connectivity index (χ1v) is 7.27. The molecule has 0 amide bonds. The number of aliphatic hydroxyl groups excluding tert-OH is 1. The van der Waals surface area contributed by atoms with Gasteiger partial charge in [0.15, 0.2) is 5.82 Å². The van der Waals surface area contributed by atoms with Crippen LogP contribution in [0.15, 0.2) is 30.3 Å². The molecule has 0 saturated carbocycles. The zero-order chi connectivity index (χ0) is 15.1. The predicted molar refractivity (Wildman–Crippen MR) is 81.0 cm³/mol. The molecule has 1 aromatic carbocycles. The molecule has 0 saturated heterocycles. The van der Waals surface area contributed by atoms with Crippen LogP contribution in [-0.4, -0.2) is 38.5 Å². The highest BCUT2D eigenvalue weighted by atomic mass is 16.2. The summed E-state index contributed by atoms with van der Waals surface area (Å²) < 4.78 is 1.74. The molecule has 0 spiro atoms. The molecule has 0 aliphatic heterocycles. The molecule has 0 fully saturated rings. The maximum absolute atomic E-state index is 8.92. The van der Waals surface area contributed by atoms with Gasteiger partial charge in [-0.1, -0.05) is 32.0 Å². The number of aliphatic hydroxyl groups is 1. The Bertz CT molecular complexity index is 538. The van der Waals surface area contributed by atoms with Crippen molar-refractivity contribution in [3.8, 4) is 5.69 Å². The summed E-state index contributed by atoms with van der Waals surface area (Å²) in [5.41, 5.74) is 1.10. The molecule has 6 heteroatoms. The second-order valence-corrected chi connectivity index (χ2v) is 5.94. The van der Waals surface area contributed by atoms with E-state index in [1.54, 1.807) is 4.68 Å². The monoisotopic (exact) mass is 289 g/mol. The standard InChI is InChI=1S/C15H23N5O/c1-15(2,9-6-10-21)12-16-11-14-17-18-19-20(14)13-7-4-3-5-8-13/h3-5,7-8,16,21H,6,9-12H2,1-2H3. The number of nitrogens with zero attached hydrogens (tertiary/aromatic N) is 4. The second-order valence-electron chi connectivity index (χ2n) is 5.94. The first-order chi connectivity index (χ1) is 10.1. The van der Waals surface area contributed by atoms with E-state index in [9.17, 15) is 0 Å². The van der Waals surface area contributed by atoms with Crippen LogP contribution in [0.5, 0.6) is 0 Å². The average molecular weight is 289 g/mol. The van der Waals surface area contributed by atoms with Gasteiger partial charge in [-0.3, -0.25) is 0 Å². The van der Waals surface area contributed by atoms with Crippen molar-refractivity contribution in [2.24, 2.45) is 5.41 Å². The van der Waals surface area contributed by atoms with Crippen molar-refractivity contribution in [2.75, 3.05) is 13.2 Å². The number of nitrogens with one attached hydrogen (secondary N) is 1. The third kappa shape index (κ3) is 4.61. The lowest BCUT2D eigenvalue weighted by atomic mass is 9.88. The number of tetrazole rings is 1. The molecule has 0 unspecified atom stereocenters. The summed E-state index contributed by atoms with van der Waals surface area (Å²) in [6, 6.07) is 9.85. The third-order valence-electron chi connectivity index (χ3n) is 3.43. The number of hydrogen-bond donors (Lipinski definition) is 2. The highest BCUT2D eigenvalue weighted by Gasteiger charge is 2.17. The zero-order valence-electron chi connectivity index (χ0n) is 12.7. The van der Waals surface area contributed by atoms with Crippen LogP contribution in [-0.2, 0) is 6.54 Å². The maximum atomic E-state index is 8.92. The number of rotatable bonds is 8. The zero-order valence-corrected chi connectivity index (χ0v) is 12.7. The van der Waals surface area contributed by atoms with Gasteiger partial charge in [-0.25, -0.2) is 0 Å². The van der Waals surface area contributed by atoms with E-state index >= 15 is 0 Å². The quantitative estimate of drug-likeness (QED) is 0.771. The lowest BCUT2D eigenvalue weighted by Crippen LogP contribution is -2.30. The molecule has 0 bridgehead atoms. The summed E-state index contributed by atoms with van der Waals surface area (Å²) in [4.78, 5) is 0. The van der Waals surface area contributed by atoms with E-state index in [0.29, 0.717) is 6.54 Å². The van der Waals surface area contributed by atoms with Crippen molar-refractivity contribution < 1.29 is 5.11 Å². The minimum atomic E-state index is 0.147. The van der Waals surface area contributed by atoms with Gasteiger partial charge in [0.05, 0.1) is 12.2 Å². The molecule has 6 nitrogen and oxygen atoms in total. The van der Waals surface area contributed by atoms with E-state index in [1.165, 1.54) is 0 Å². The van der Waals surface area contributed by atoms with Gasteiger partial charge in [-0.2, -0.15) is 4.68 Å². The largest absolute Gasteiger partial charge is 0.396 e. The Kier molecular flexibility index (Phi) is 5.41. The highest BCUT2D eigenvalue weighted by Crippen LogP contribution is 2.20. The SMILES string of the molecule is CC(C)(CCCO)CNCc1nnnn1-c1ccccc1. The van der Waals surface area contributed by atoms with Crippen molar-refractivity contribution in [3.05, 3.63) is 36.2 Å². The van der Waals surface area contributed by atoms with Gasteiger partial charge in [0, 0.05) is 13.2 Å². The topological polar surface area (TPSA) is 75.9 Å². The predicted octanol–water partition coefficient (Wildman–Crippen LogP) is 1.55. The maximum Gasteiger partial charge on any atom is 0.170 e. The van der Waals surface area contributed by atoms with Crippen LogP contribution in [0.4, 0.5) is 0 Å². The number of benzene rings is 1. The summed E-state index contributed by atoms with van der Waals surface area (Å²) in [7, 11) is 0. The number of para-hydroxylation sites is 1. The van der Waals surface area contributed by atoms with Crippen LogP contribution in [0, 0.1) is 5.41 Å². The fourth-order valence-electron chi connectivity index (χ4n) is 2.24. The molecular formula is C15H23N5O. The van der Waals surface area contributed by atoms with Crippen LogP contribution in [0.1, 0.15) is 32.5 Å². The average Bonchev–Trinajstić information content (AvgIpc) is 2.94. The van der Waals surface area contributed by atoms with Crippen molar-refractivity contribution in [1.29, 1.82) is 0 Å². The molecule has 1 heterocycles. The van der Waals surface area contributed by atoms with E-state index < -0.39 is 0 Å². The molecule has 0 radical (unpaired) electrons. The Morgan fingerprint density at radius 2 is 2.00 bits per heavy atom. The Hall–Kier alpha value is -1.79. The lowest BCUT2D eigenvalue weighted by Gasteiger charge is -2.24. The first kappa shape index (κ1) is 15.6. The molecule has 1 aromatic heterocycles. The van der Waals surface area contributed by atoms with E-state index in [4.69, 9.17) is 5.11 Å². The molecule has 21 heavy (non-hydrogen) atoms. The van der Waals surface area contributed by atoms with Gasteiger partial charge in [0.25, 0.3) is 0 Å². The van der Waals surface area contributed by atoms with Crippen LogP contribution in [0.2, 0.25) is 0 Å². The van der Waals surface area contributed by atoms with Gasteiger partial charge < -0.3 is 10.4 Å². The summed E-state index contributed by atoms with van der Waals surface area (Å²) in [6.07, 6.45) is 1.82. The fourth-order valence-corrected chi connectivity index (χ4v) is 2.24. The van der Waals surface area contributed by atoms with Crippen molar-refractivity contribution >= 4 is 0 Å². The summed E-state index contributed by atoms with van der Waals surface area (Å²) >= 11 is 0. The first-order valence-electron chi connectivity index (χ1n) is 7.27. The Labute approximate surface area is 125 Å². The van der Waals surface area contributed by atoms with Crippen molar-refractivity contribution in [3.63, 3.8) is 0 Å². The van der Waals surface area contributed by atoms with Crippen molar-refractivity contribution in [1.82, 2.24) is 25.5 Å². The molecule has 0 aliphatic carbocycles. The van der Waals surface area contributed by atoms with Crippen LogP contribution >= 0.6 is 0 Å². The van der Waals surface area contributed by atoms with E-state index in [1.807, 2.05) is 30.3 Å². The van der Waals surface area contributed by atoms with Gasteiger partial charge >= 0.3 is 0 Å². The molecule has 2 aromatic rings. The van der Waals surface area contributed by atoms with Gasteiger partial charge in [-0.05, 0) is 40.8 Å². The molecule has 2 rings (SSSR count). The Morgan fingerprint density at radius 1 is 1.24 bits per heavy atom. The summed E-state index contributed by atoms with van der Waals surface area (Å²) in [5, 5.41) is 24.2. The highest BCUT2D eigenvalue weighted by molar-refractivity contribution is 5.30. The van der Waals surface area contributed by atoms with Crippen LogP contribution < -0.4 is 5.32 Å². The van der Waals surface area contributed by atoms with E-state index in [0.717, 1.165) is 30.9 Å². The van der Waals surface area contributed by atoms with Crippen LogP contribution in [0.25, 0.3) is 5.69 Å². The Morgan fingerprint density at radius 3 is 2.71 bits per heavy atom. The normalized spacial score (nSPS) is 11.8. The van der Waals surface area contributed by atoms with Gasteiger partial charge in [0.2, 0.25) is 0 Å². The van der Waals surface area contributed by atoms with Gasteiger partial charge in [-0.15, -0.1) is 5.10 Å². The molecular weight excluding hydrogens is 266 g/mol. The molecule has 2 N–H and O–H groups in total. The molecule has 0 aliphatic rings.